The molecule has 0 bridgehead atoms. The average molecular weight is 310 g/mol. The minimum Gasteiger partial charge on any atom is -0.466 e. The Bertz CT molecular complexity index is 189. The first-order valence-electron chi connectivity index (χ1n) is 7.90. The second-order valence-corrected chi connectivity index (χ2v) is 5.23. The third-order valence-corrected chi connectivity index (χ3v) is 3.30. The largest absolute Gasteiger partial charge is 0.466 e. The summed E-state index contributed by atoms with van der Waals surface area (Å²) in [6.45, 7) is 4.34. The van der Waals surface area contributed by atoms with Crippen LogP contribution in [0.2, 0.25) is 0 Å². The number of unbranched alkanes of at least 4 members (excludes halogenated alkanes) is 11. The van der Waals surface area contributed by atoms with Crippen LogP contribution in [0.1, 0.15) is 90.9 Å². The van der Waals surface area contributed by atoms with Crippen molar-refractivity contribution in [3.63, 3.8) is 0 Å². The number of rotatable bonds is 13. The van der Waals surface area contributed by atoms with E-state index in [-0.39, 0.29) is 24.5 Å². The molecule has 3 N–H and O–H groups in total. The lowest BCUT2D eigenvalue weighted by Crippen LogP contribution is -2.00. The van der Waals surface area contributed by atoms with E-state index in [9.17, 15) is 4.79 Å². The number of ether oxygens (including phenoxy) is 1. The fourth-order valence-electron chi connectivity index (χ4n) is 2.16. The van der Waals surface area contributed by atoms with Crippen LogP contribution in [-0.2, 0) is 9.53 Å². The van der Waals surface area contributed by atoms with Crippen molar-refractivity contribution in [2.45, 2.75) is 90.9 Å². The molecular weight excluding hydrogens is 274 g/mol. The van der Waals surface area contributed by atoms with Gasteiger partial charge in [-0.05, 0) is 6.42 Å². The zero-order chi connectivity index (χ0) is 13.5. The van der Waals surface area contributed by atoms with Crippen LogP contribution in [0, 0.1) is 0 Å². The predicted octanol–water partition coefficient (Wildman–Crippen LogP) is 5.83. The van der Waals surface area contributed by atoms with E-state index in [4.69, 9.17) is 4.74 Å². The van der Waals surface area contributed by atoms with Crippen molar-refractivity contribution in [3.8, 4) is 0 Å². The van der Waals surface area contributed by atoms with Gasteiger partial charge in [0.2, 0.25) is 0 Å². The van der Waals surface area contributed by atoms with Gasteiger partial charge in [-0.2, -0.15) is 0 Å². The lowest BCUT2D eigenvalue weighted by atomic mass is 10.1. The summed E-state index contributed by atoms with van der Waals surface area (Å²) in [7, 11) is 0. The third-order valence-electron chi connectivity index (χ3n) is 3.30. The van der Waals surface area contributed by atoms with Crippen molar-refractivity contribution >= 4 is 18.4 Å². The lowest BCUT2D eigenvalue weighted by Gasteiger charge is -2.03. The summed E-state index contributed by atoms with van der Waals surface area (Å²) in [5.41, 5.74) is 0. The molecule has 0 aromatic heterocycles. The third kappa shape index (κ3) is 22.9. The molecule has 0 unspecified atom stereocenters. The van der Waals surface area contributed by atoms with Crippen LogP contribution in [0.25, 0.3) is 0 Å². The Kier molecular flexibility index (Phi) is 26.0. The normalized spacial score (nSPS) is 9.50. The maximum Gasteiger partial charge on any atom is 0.302 e. The van der Waals surface area contributed by atoms with Crippen LogP contribution in [-0.4, -0.2) is 12.6 Å². The SMILES string of the molecule is CCCCCCCCCCCCCCOC(C)=O.Cl.N. The Labute approximate surface area is 132 Å². The van der Waals surface area contributed by atoms with Gasteiger partial charge in [0.1, 0.15) is 0 Å². The smallest absolute Gasteiger partial charge is 0.302 e. The first kappa shape index (κ1) is 24.7. The van der Waals surface area contributed by atoms with Gasteiger partial charge in [-0.3, -0.25) is 4.79 Å². The number of carbonyl (C=O) groups is 1. The molecule has 0 saturated carbocycles. The number of hydrogen-bond donors (Lipinski definition) is 1. The first-order valence-corrected chi connectivity index (χ1v) is 7.90. The van der Waals surface area contributed by atoms with E-state index in [1.807, 2.05) is 0 Å². The monoisotopic (exact) mass is 309 g/mol. The van der Waals surface area contributed by atoms with E-state index in [2.05, 4.69) is 6.92 Å². The van der Waals surface area contributed by atoms with Crippen molar-refractivity contribution in [2.75, 3.05) is 6.61 Å². The zero-order valence-corrected chi connectivity index (χ0v) is 14.4. The predicted molar refractivity (Wildman–Crippen MR) is 90.0 cm³/mol. The van der Waals surface area contributed by atoms with Gasteiger partial charge in [0.05, 0.1) is 6.61 Å². The molecule has 0 atom stereocenters. The molecule has 0 rings (SSSR count). The highest BCUT2D eigenvalue weighted by Crippen LogP contribution is 2.11. The van der Waals surface area contributed by atoms with Crippen molar-refractivity contribution in [1.82, 2.24) is 6.15 Å². The van der Waals surface area contributed by atoms with E-state index in [1.165, 1.54) is 77.6 Å². The van der Waals surface area contributed by atoms with Crippen molar-refractivity contribution in [1.29, 1.82) is 0 Å². The minimum atomic E-state index is -0.155. The molecule has 0 radical (unpaired) electrons. The molecule has 0 spiro atoms. The number of halogens is 1. The Morgan fingerprint density at radius 3 is 1.45 bits per heavy atom. The molecule has 0 fully saturated rings. The quantitative estimate of drug-likeness (QED) is 0.343. The van der Waals surface area contributed by atoms with Crippen LogP contribution < -0.4 is 6.15 Å². The fraction of sp³-hybridized carbons (Fsp3) is 0.938. The molecule has 20 heavy (non-hydrogen) atoms. The molecule has 0 aliphatic rings. The Morgan fingerprint density at radius 2 is 1.10 bits per heavy atom. The van der Waals surface area contributed by atoms with Crippen molar-refractivity contribution in [2.24, 2.45) is 0 Å². The van der Waals surface area contributed by atoms with E-state index in [1.54, 1.807) is 0 Å². The summed E-state index contributed by atoms with van der Waals surface area (Å²) in [5, 5.41) is 0. The second-order valence-electron chi connectivity index (χ2n) is 5.23. The second kappa shape index (κ2) is 21.0. The number of esters is 1. The molecular formula is C16H36ClNO2. The standard InChI is InChI=1S/C16H32O2.ClH.H3N/c1-3-4-5-6-7-8-9-10-11-12-13-14-15-18-16(2)17;;/h3-15H2,1-2H3;1H;1H3. The van der Waals surface area contributed by atoms with E-state index in [0.29, 0.717) is 6.61 Å². The zero-order valence-electron chi connectivity index (χ0n) is 13.6. The Hall–Kier alpha value is -0.280. The molecule has 3 nitrogen and oxygen atoms in total. The van der Waals surface area contributed by atoms with Gasteiger partial charge in [0, 0.05) is 6.92 Å². The summed E-state index contributed by atoms with van der Waals surface area (Å²) >= 11 is 0. The molecule has 4 heteroatoms. The molecule has 0 heterocycles. The summed E-state index contributed by atoms with van der Waals surface area (Å²) in [6, 6.07) is 0. The van der Waals surface area contributed by atoms with Gasteiger partial charge in [-0.1, -0.05) is 77.6 Å². The minimum absolute atomic E-state index is 0. The van der Waals surface area contributed by atoms with Crippen molar-refractivity contribution < 1.29 is 9.53 Å². The molecule has 0 amide bonds. The van der Waals surface area contributed by atoms with Gasteiger partial charge in [0.15, 0.2) is 0 Å². The summed E-state index contributed by atoms with van der Waals surface area (Å²) < 4.78 is 4.89. The topological polar surface area (TPSA) is 61.3 Å². The average Bonchev–Trinajstić information content (AvgIpc) is 2.34. The first-order chi connectivity index (χ1) is 8.77. The van der Waals surface area contributed by atoms with Crippen LogP contribution in [0.3, 0.4) is 0 Å². The van der Waals surface area contributed by atoms with Gasteiger partial charge in [-0.25, -0.2) is 0 Å². The molecule has 0 aliphatic carbocycles. The molecule has 0 aromatic carbocycles. The van der Waals surface area contributed by atoms with Gasteiger partial charge < -0.3 is 10.9 Å². The lowest BCUT2D eigenvalue weighted by molar-refractivity contribution is -0.141. The molecule has 0 aromatic rings. The summed E-state index contributed by atoms with van der Waals surface area (Å²) in [5.74, 6) is -0.155. The van der Waals surface area contributed by atoms with Crippen LogP contribution in [0.4, 0.5) is 0 Å². The van der Waals surface area contributed by atoms with Gasteiger partial charge >= 0.3 is 5.97 Å². The summed E-state index contributed by atoms with van der Waals surface area (Å²) in [6.07, 6.45) is 16.1. The maximum absolute atomic E-state index is 10.5. The fourth-order valence-corrected chi connectivity index (χ4v) is 2.16. The van der Waals surface area contributed by atoms with Gasteiger partial charge in [-0.15, -0.1) is 12.4 Å². The highest BCUT2D eigenvalue weighted by molar-refractivity contribution is 5.85. The number of hydrogen-bond acceptors (Lipinski definition) is 3. The molecule has 0 saturated heterocycles. The van der Waals surface area contributed by atoms with Crippen LogP contribution in [0.5, 0.6) is 0 Å². The van der Waals surface area contributed by atoms with E-state index < -0.39 is 0 Å². The van der Waals surface area contributed by atoms with Crippen LogP contribution >= 0.6 is 12.4 Å². The maximum atomic E-state index is 10.5. The highest BCUT2D eigenvalue weighted by Gasteiger charge is 1.94. The highest BCUT2D eigenvalue weighted by atomic mass is 35.5. The Balaban J connectivity index is -0.00000144. The molecule has 0 aliphatic heterocycles. The molecule has 124 valence electrons. The van der Waals surface area contributed by atoms with Crippen molar-refractivity contribution in [3.05, 3.63) is 0 Å². The Morgan fingerprint density at radius 1 is 0.750 bits per heavy atom. The van der Waals surface area contributed by atoms with Crippen LogP contribution in [0.15, 0.2) is 0 Å². The number of carbonyl (C=O) groups excluding carboxylic acids is 1. The van der Waals surface area contributed by atoms with Gasteiger partial charge in [0.25, 0.3) is 0 Å². The van der Waals surface area contributed by atoms with E-state index in [0.717, 1.165) is 6.42 Å². The van der Waals surface area contributed by atoms with E-state index >= 15 is 0 Å². The summed E-state index contributed by atoms with van der Waals surface area (Å²) in [4.78, 5) is 10.5.